The van der Waals surface area contributed by atoms with Crippen molar-refractivity contribution in [3.63, 3.8) is 0 Å². The number of rotatable bonds is 6. The molecule has 1 rings (SSSR count). The van der Waals surface area contributed by atoms with E-state index in [1.807, 2.05) is 6.92 Å². The van der Waals surface area contributed by atoms with E-state index in [2.05, 4.69) is 22.2 Å². The van der Waals surface area contributed by atoms with Gasteiger partial charge in [0, 0.05) is 13.1 Å². The van der Waals surface area contributed by atoms with Crippen molar-refractivity contribution < 1.29 is 9.52 Å². The highest BCUT2D eigenvalue weighted by atomic mass is 127. The van der Waals surface area contributed by atoms with Gasteiger partial charge in [0.25, 0.3) is 0 Å². The van der Waals surface area contributed by atoms with Crippen molar-refractivity contribution in [3.8, 4) is 0 Å². The number of nitrogens with zero attached hydrogens (tertiary/aromatic N) is 1. The largest absolute Gasteiger partial charge is 0.467 e. The van der Waals surface area contributed by atoms with Crippen LogP contribution < -0.4 is 10.6 Å². The first-order valence-corrected chi connectivity index (χ1v) is 5.62. The second kappa shape index (κ2) is 9.95. The number of hydrogen-bond acceptors (Lipinski definition) is 3. The Labute approximate surface area is 124 Å². The summed E-state index contributed by atoms with van der Waals surface area (Å²) in [6.45, 7) is 7.24. The third-order valence-corrected chi connectivity index (χ3v) is 2.05. The topological polar surface area (TPSA) is 69.8 Å². The molecule has 0 bridgehead atoms. The fourth-order valence-corrected chi connectivity index (χ4v) is 1.26. The van der Waals surface area contributed by atoms with E-state index in [-0.39, 0.29) is 30.5 Å². The summed E-state index contributed by atoms with van der Waals surface area (Å²) in [6, 6.07) is 3.47. The minimum atomic E-state index is -0.718. The van der Waals surface area contributed by atoms with E-state index in [4.69, 9.17) is 4.42 Å². The summed E-state index contributed by atoms with van der Waals surface area (Å²) in [6.07, 6.45) is 2.56. The van der Waals surface area contributed by atoms with Gasteiger partial charge in [-0.1, -0.05) is 6.08 Å². The summed E-state index contributed by atoms with van der Waals surface area (Å²) in [4.78, 5) is 4.24. The van der Waals surface area contributed by atoms with Gasteiger partial charge < -0.3 is 20.2 Å². The molecule has 0 aliphatic rings. The van der Waals surface area contributed by atoms with Crippen molar-refractivity contribution in [1.29, 1.82) is 0 Å². The molecule has 0 aromatic carbocycles. The fourth-order valence-electron chi connectivity index (χ4n) is 1.26. The number of halogens is 1. The normalized spacial score (nSPS) is 12.4. The molecule has 0 aliphatic heterocycles. The molecule has 18 heavy (non-hydrogen) atoms. The Hall–Kier alpha value is -1.02. The lowest BCUT2D eigenvalue weighted by Gasteiger charge is -2.10. The number of furan rings is 1. The number of nitrogens with one attached hydrogen (secondary N) is 2. The molecule has 5 nitrogen and oxygen atoms in total. The zero-order chi connectivity index (χ0) is 12.5. The average Bonchev–Trinajstić information content (AvgIpc) is 2.86. The standard InChI is InChI=1S/C12H19N3O2.HI/c1-3-7-14-12(13-4-2)15-9-10(16)11-6-5-8-17-11;/h3,5-6,8,10,16H,1,4,7,9H2,2H3,(H2,13,14,15);1H. The van der Waals surface area contributed by atoms with Crippen molar-refractivity contribution in [3.05, 3.63) is 36.8 Å². The average molecular weight is 365 g/mol. The first-order valence-electron chi connectivity index (χ1n) is 5.62. The summed E-state index contributed by atoms with van der Waals surface area (Å²) < 4.78 is 5.09. The van der Waals surface area contributed by atoms with Crippen LogP contribution in [0.3, 0.4) is 0 Å². The molecule has 0 saturated carbocycles. The van der Waals surface area contributed by atoms with Gasteiger partial charge in [0.05, 0.1) is 12.8 Å². The van der Waals surface area contributed by atoms with Crippen LogP contribution in [0.15, 0.2) is 40.5 Å². The zero-order valence-corrected chi connectivity index (χ0v) is 12.8. The van der Waals surface area contributed by atoms with Crippen LogP contribution in [0.25, 0.3) is 0 Å². The molecule has 0 fully saturated rings. The van der Waals surface area contributed by atoms with Crippen molar-refractivity contribution in [1.82, 2.24) is 10.6 Å². The van der Waals surface area contributed by atoms with E-state index in [0.717, 1.165) is 6.54 Å². The van der Waals surface area contributed by atoms with Crippen molar-refractivity contribution in [2.24, 2.45) is 4.99 Å². The summed E-state index contributed by atoms with van der Waals surface area (Å²) >= 11 is 0. The van der Waals surface area contributed by atoms with Crippen molar-refractivity contribution >= 4 is 29.9 Å². The minimum Gasteiger partial charge on any atom is -0.467 e. The molecule has 102 valence electrons. The lowest BCUT2D eigenvalue weighted by molar-refractivity contribution is 0.158. The highest BCUT2D eigenvalue weighted by Gasteiger charge is 2.09. The summed E-state index contributed by atoms with van der Waals surface area (Å²) in [5.41, 5.74) is 0. The second-order valence-corrected chi connectivity index (χ2v) is 3.42. The Balaban J connectivity index is 0.00000289. The van der Waals surface area contributed by atoms with Crippen LogP contribution in [0.4, 0.5) is 0 Å². The van der Waals surface area contributed by atoms with Gasteiger partial charge in [-0.3, -0.25) is 4.99 Å². The number of guanidine groups is 1. The van der Waals surface area contributed by atoms with Gasteiger partial charge in [-0.25, -0.2) is 0 Å². The molecular formula is C12H20IN3O2. The van der Waals surface area contributed by atoms with E-state index in [9.17, 15) is 5.11 Å². The molecule has 1 heterocycles. The van der Waals surface area contributed by atoms with Gasteiger partial charge in [-0.15, -0.1) is 30.6 Å². The maximum Gasteiger partial charge on any atom is 0.191 e. The zero-order valence-electron chi connectivity index (χ0n) is 10.4. The monoisotopic (exact) mass is 365 g/mol. The quantitative estimate of drug-likeness (QED) is 0.311. The van der Waals surface area contributed by atoms with Crippen LogP contribution in [-0.2, 0) is 0 Å². The molecule has 0 amide bonds. The molecule has 1 aromatic heterocycles. The van der Waals surface area contributed by atoms with Crippen molar-refractivity contribution in [2.45, 2.75) is 13.0 Å². The first-order chi connectivity index (χ1) is 8.27. The van der Waals surface area contributed by atoms with Gasteiger partial charge in [0.2, 0.25) is 0 Å². The molecule has 1 unspecified atom stereocenters. The second-order valence-electron chi connectivity index (χ2n) is 3.42. The van der Waals surface area contributed by atoms with Gasteiger partial charge in [-0.2, -0.15) is 0 Å². The van der Waals surface area contributed by atoms with Gasteiger partial charge in [0.1, 0.15) is 11.9 Å². The maximum atomic E-state index is 9.78. The van der Waals surface area contributed by atoms with E-state index in [0.29, 0.717) is 18.3 Å². The Morgan fingerprint density at radius 1 is 1.61 bits per heavy atom. The van der Waals surface area contributed by atoms with Gasteiger partial charge in [0.15, 0.2) is 5.96 Å². The SMILES string of the molecule is C=CCNC(=NCC(O)c1ccco1)NCC.I. The third kappa shape index (κ3) is 6.06. The van der Waals surface area contributed by atoms with Gasteiger partial charge >= 0.3 is 0 Å². The van der Waals surface area contributed by atoms with Crippen LogP contribution in [0.5, 0.6) is 0 Å². The smallest absolute Gasteiger partial charge is 0.191 e. The summed E-state index contributed by atoms with van der Waals surface area (Å²) in [5, 5.41) is 15.9. The van der Waals surface area contributed by atoms with E-state index in [1.165, 1.54) is 6.26 Å². The molecule has 3 N–H and O–H groups in total. The van der Waals surface area contributed by atoms with E-state index in [1.54, 1.807) is 18.2 Å². The van der Waals surface area contributed by atoms with Crippen LogP contribution in [0.2, 0.25) is 0 Å². The predicted molar refractivity (Wildman–Crippen MR) is 83.3 cm³/mol. The highest BCUT2D eigenvalue weighted by molar-refractivity contribution is 14.0. The van der Waals surface area contributed by atoms with Crippen LogP contribution in [0, 0.1) is 0 Å². The highest BCUT2D eigenvalue weighted by Crippen LogP contribution is 2.12. The molecular weight excluding hydrogens is 345 g/mol. The summed E-state index contributed by atoms with van der Waals surface area (Å²) in [7, 11) is 0. The maximum absolute atomic E-state index is 9.78. The molecule has 0 radical (unpaired) electrons. The van der Waals surface area contributed by atoms with Crippen LogP contribution in [-0.4, -0.2) is 30.7 Å². The predicted octanol–water partition coefficient (Wildman–Crippen LogP) is 1.67. The molecule has 0 saturated heterocycles. The minimum absolute atomic E-state index is 0. The van der Waals surface area contributed by atoms with Crippen molar-refractivity contribution in [2.75, 3.05) is 19.6 Å². The fraction of sp³-hybridized carbons (Fsp3) is 0.417. The Morgan fingerprint density at radius 3 is 2.94 bits per heavy atom. The number of aliphatic imine (C=N–C) groups is 1. The number of aliphatic hydroxyl groups excluding tert-OH is 1. The molecule has 6 heteroatoms. The molecule has 0 aliphatic carbocycles. The molecule has 1 aromatic rings. The molecule has 0 spiro atoms. The number of aliphatic hydroxyl groups is 1. The first kappa shape index (κ1) is 17.0. The third-order valence-electron chi connectivity index (χ3n) is 2.05. The number of hydrogen-bond donors (Lipinski definition) is 3. The Bertz CT molecular complexity index is 352. The van der Waals surface area contributed by atoms with E-state index < -0.39 is 6.10 Å². The lowest BCUT2D eigenvalue weighted by Crippen LogP contribution is -2.37. The van der Waals surface area contributed by atoms with E-state index >= 15 is 0 Å². The Morgan fingerprint density at radius 2 is 2.39 bits per heavy atom. The lowest BCUT2D eigenvalue weighted by atomic mass is 10.3. The molecule has 1 atom stereocenters. The van der Waals surface area contributed by atoms with Gasteiger partial charge in [-0.05, 0) is 19.1 Å². The Kier molecular flexibility index (Phi) is 9.39. The summed E-state index contributed by atoms with van der Waals surface area (Å²) in [5.74, 6) is 1.17. The van der Waals surface area contributed by atoms with Crippen LogP contribution in [0.1, 0.15) is 18.8 Å². The van der Waals surface area contributed by atoms with Crippen LogP contribution >= 0.6 is 24.0 Å².